The summed E-state index contributed by atoms with van der Waals surface area (Å²) < 4.78 is 5.35. The van der Waals surface area contributed by atoms with E-state index in [-0.39, 0.29) is 12.7 Å². The highest BCUT2D eigenvalue weighted by atomic mass is 35.5. The summed E-state index contributed by atoms with van der Waals surface area (Å²) in [6, 6.07) is 3.60. The monoisotopic (exact) mass is 253 g/mol. The van der Waals surface area contributed by atoms with Crippen molar-refractivity contribution >= 4 is 17.4 Å². The molecule has 1 aromatic heterocycles. The maximum Gasteiger partial charge on any atom is 0.148 e. The number of aliphatic hydroxyl groups is 1. The van der Waals surface area contributed by atoms with Crippen LogP contribution >= 0.6 is 11.6 Å². The number of ether oxygens (including phenoxy) is 1. The Bertz CT molecular complexity index is 447. The Balaban J connectivity index is 2.25. The minimum absolute atomic E-state index is 0.0357. The Labute approximate surface area is 104 Å². The molecular weight excluding hydrogens is 242 g/mol. The summed E-state index contributed by atoms with van der Waals surface area (Å²) in [6.07, 6.45) is 1.33. The van der Waals surface area contributed by atoms with Gasteiger partial charge in [0.2, 0.25) is 0 Å². The molecule has 1 aromatic rings. The van der Waals surface area contributed by atoms with Gasteiger partial charge < -0.3 is 14.7 Å². The molecule has 0 amide bonds. The van der Waals surface area contributed by atoms with Crippen molar-refractivity contribution in [3.05, 3.63) is 22.8 Å². The van der Waals surface area contributed by atoms with E-state index in [1.54, 1.807) is 12.3 Å². The number of anilines is 1. The van der Waals surface area contributed by atoms with Gasteiger partial charge in [-0.25, -0.2) is 4.98 Å². The minimum atomic E-state index is -0.229. The standard InChI is InChI=1S/C11H12ClN3O2/c12-10-8(5-13)1-2-14-11(10)15-3-4-17-9(6-15)7-16/h1-2,9,16H,3-4,6-7H2. The smallest absolute Gasteiger partial charge is 0.148 e. The van der Waals surface area contributed by atoms with Crippen LogP contribution in [0.15, 0.2) is 12.3 Å². The molecule has 1 aliphatic rings. The molecule has 6 heteroatoms. The minimum Gasteiger partial charge on any atom is -0.394 e. The van der Waals surface area contributed by atoms with Gasteiger partial charge in [-0.15, -0.1) is 0 Å². The van der Waals surface area contributed by atoms with Gasteiger partial charge in [-0.3, -0.25) is 0 Å². The zero-order valence-corrected chi connectivity index (χ0v) is 9.89. The molecule has 90 valence electrons. The van der Waals surface area contributed by atoms with Gasteiger partial charge in [0.15, 0.2) is 0 Å². The second kappa shape index (κ2) is 5.32. The summed E-state index contributed by atoms with van der Waals surface area (Å²) in [5.41, 5.74) is 0.406. The fourth-order valence-corrected chi connectivity index (χ4v) is 2.04. The van der Waals surface area contributed by atoms with E-state index in [1.807, 2.05) is 11.0 Å². The summed E-state index contributed by atoms with van der Waals surface area (Å²) in [5, 5.41) is 18.3. The molecule has 1 fully saturated rings. The van der Waals surface area contributed by atoms with Crippen molar-refractivity contribution in [3.8, 4) is 6.07 Å². The third kappa shape index (κ3) is 2.50. The van der Waals surface area contributed by atoms with Crippen LogP contribution in [0.1, 0.15) is 5.56 Å². The van der Waals surface area contributed by atoms with E-state index in [0.717, 1.165) is 0 Å². The first-order chi connectivity index (χ1) is 8.26. The second-order valence-corrected chi connectivity index (χ2v) is 4.11. The zero-order chi connectivity index (χ0) is 12.3. The van der Waals surface area contributed by atoms with E-state index in [9.17, 15) is 0 Å². The third-order valence-electron chi connectivity index (χ3n) is 2.63. The summed E-state index contributed by atoms with van der Waals surface area (Å²) in [7, 11) is 0. The lowest BCUT2D eigenvalue weighted by Gasteiger charge is -2.33. The van der Waals surface area contributed by atoms with E-state index in [0.29, 0.717) is 36.1 Å². The Morgan fingerprint density at radius 3 is 3.24 bits per heavy atom. The molecule has 0 saturated carbocycles. The van der Waals surface area contributed by atoms with Crippen molar-refractivity contribution < 1.29 is 9.84 Å². The quantitative estimate of drug-likeness (QED) is 0.845. The Morgan fingerprint density at radius 2 is 2.53 bits per heavy atom. The van der Waals surface area contributed by atoms with Gasteiger partial charge in [-0.1, -0.05) is 11.6 Å². The first-order valence-corrected chi connectivity index (χ1v) is 5.66. The topological polar surface area (TPSA) is 69.4 Å². The number of rotatable bonds is 2. The molecule has 1 N–H and O–H groups in total. The van der Waals surface area contributed by atoms with Gasteiger partial charge in [0.25, 0.3) is 0 Å². The average Bonchev–Trinajstić information content (AvgIpc) is 2.39. The molecule has 2 rings (SSSR count). The maximum absolute atomic E-state index is 9.07. The molecular formula is C11H12ClN3O2. The number of aromatic nitrogens is 1. The lowest BCUT2D eigenvalue weighted by atomic mass is 10.2. The van der Waals surface area contributed by atoms with Gasteiger partial charge in [-0.2, -0.15) is 5.26 Å². The van der Waals surface area contributed by atoms with Gasteiger partial charge in [0, 0.05) is 19.3 Å². The van der Waals surface area contributed by atoms with Crippen LogP contribution in [0.25, 0.3) is 0 Å². The van der Waals surface area contributed by atoms with E-state index >= 15 is 0 Å². The molecule has 2 heterocycles. The van der Waals surface area contributed by atoms with Crippen LogP contribution in [-0.4, -0.2) is 42.5 Å². The number of nitriles is 1. The van der Waals surface area contributed by atoms with Crippen molar-refractivity contribution in [1.29, 1.82) is 5.26 Å². The second-order valence-electron chi connectivity index (χ2n) is 3.73. The first kappa shape index (κ1) is 12.1. The van der Waals surface area contributed by atoms with Gasteiger partial charge in [-0.05, 0) is 6.07 Å². The number of hydrogen-bond acceptors (Lipinski definition) is 5. The highest BCUT2D eigenvalue weighted by Crippen LogP contribution is 2.27. The Hall–Kier alpha value is -1.35. The van der Waals surface area contributed by atoms with Crippen molar-refractivity contribution in [1.82, 2.24) is 4.98 Å². The first-order valence-electron chi connectivity index (χ1n) is 5.28. The normalized spacial score (nSPS) is 20.1. The van der Waals surface area contributed by atoms with Crippen LogP contribution in [0, 0.1) is 11.3 Å². The SMILES string of the molecule is N#Cc1ccnc(N2CCOC(CO)C2)c1Cl. The molecule has 17 heavy (non-hydrogen) atoms. The Morgan fingerprint density at radius 1 is 1.71 bits per heavy atom. The lowest BCUT2D eigenvalue weighted by molar-refractivity contribution is 0.00337. The number of hydrogen-bond donors (Lipinski definition) is 1. The number of morpholine rings is 1. The highest BCUT2D eigenvalue weighted by Gasteiger charge is 2.23. The van der Waals surface area contributed by atoms with Crippen molar-refractivity contribution in [3.63, 3.8) is 0 Å². The zero-order valence-electron chi connectivity index (χ0n) is 9.14. The average molecular weight is 254 g/mol. The van der Waals surface area contributed by atoms with Crippen molar-refractivity contribution in [2.45, 2.75) is 6.10 Å². The van der Waals surface area contributed by atoms with Crippen LogP contribution < -0.4 is 4.90 Å². The van der Waals surface area contributed by atoms with E-state index < -0.39 is 0 Å². The summed E-state index contributed by atoms with van der Waals surface area (Å²) in [4.78, 5) is 6.11. The fourth-order valence-electron chi connectivity index (χ4n) is 1.76. The number of nitrogens with zero attached hydrogens (tertiary/aromatic N) is 3. The largest absolute Gasteiger partial charge is 0.394 e. The summed E-state index contributed by atoms with van der Waals surface area (Å²) in [6.45, 7) is 1.66. The molecule has 1 atom stereocenters. The molecule has 1 saturated heterocycles. The van der Waals surface area contributed by atoms with Crippen LogP contribution in [-0.2, 0) is 4.74 Å². The van der Waals surface area contributed by atoms with Crippen molar-refractivity contribution in [2.75, 3.05) is 31.2 Å². The van der Waals surface area contributed by atoms with Crippen LogP contribution in [0.3, 0.4) is 0 Å². The van der Waals surface area contributed by atoms with Gasteiger partial charge in [0.05, 0.1) is 24.9 Å². The van der Waals surface area contributed by atoms with E-state index in [4.69, 9.17) is 26.7 Å². The lowest BCUT2D eigenvalue weighted by Crippen LogP contribution is -2.44. The van der Waals surface area contributed by atoms with E-state index in [2.05, 4.69) is 4.98 Å². The predicted octanol–water partition coefficient (Wildman–Crippen LogP) is 0.804. The number of halogens is 1. The molecule has 0 aromatic carbocycles. The van der Waals surface area contributed by atoms with E-state index in [1.165, 1.54) is 0 Å². The summed E-state index contributed by atoms with van der Waals surface area (Å²) >= 11 is 6.10. The van der Waals surface area contributed by atoms with Gasteiger partial charge >= 0.3 is 0 Å². The molecule has 0 radical (unpaired) electrons. The maximum atomic E-state index is 9.07. The molecule has 0 bridgehead atoms. The molecule has 1 unspecified atom stereocenters. The van der Waals surface area contributed by atoms with Gasteiger partial charge in [0.1, 0.15) is 16.9 Å². The number of pyridine rings is 1. The predicted molar refractivity (Wildman–Crippen MR) is 63.0 cm³/mol. The number of aliphatic hydroxyl groups excluding tert-OH is 1. The molecule has 1 aliphatic heterocycles. The van der Waals surface area contributed by atoms with Crippen LogP contribution in [0.2, 0.25) is 5.02 Å². The summed E-state index contributed by atoms with van der Waals surface area (Å²) in [5.74, 6) is 0.576. The molecule has 5 nitrogen and oxygen atoms in total. The fraction of sp³-hybridized carbons (Fsp3) is 0.455. The van der Waals surface area contributed by atoms with Crippen LogP contribution in [0.5, 0.6) is 0 Å². The van der Waals surface area contributed by atoms with Crippen molar-refractivity contribution in [2.24, 2.45) is 0 Å². The molecule has 0 aliphatic carbocycles. The Kier molecular flexibility index (Phi) is 3.79. The van der Waals surface area contributed by atoms with Crippen LogP contribution in [0.4, 0.5) is 5.82 Å². The third-order valence-corrected chi connectivity index (χ3v) is 3.01. The molecule has 0 spiro atoms. The highest BCUT2D eigenvalue weighted by molar-refractivity contribution is 6.34.